The van der Waals surface area contributed by atoms with E-state index in [1.54, 1.807) is 0 Å². The van der Waals surface area contributed by atoms with E-state index in [9.17, 15) is 0 Å². The molecule has 166 valence electrons. The average molecular weight is 399 g/mol. The summed E-state index contributed by atoms with van der Waals surface area (Å²) in [5.74, 6) is 0. The van der Waals surface area contributed by atoms with Crippen LogP contribution in [0.1, 0.15) is 131 Å². The molecule has 0 aromatic heterocycles. The van der Waals surface area contributed by atoms with Crippen molar-refractivity contribution in [1.29, 1.82) is 0 Å². The van der Waals surface area contributed by atoms with Gasteiger partial charge in [-0.05, 0) is 79.1 Å². The minimum atomic E-state index is -0.238. The van der Waals surface area contributed by atoms with E-state index in [1.165, 1.54) is 38.5 Å². The van der Waals surface area contributed by atoms with Gasteiger partial charge >= 0.3 is 0 Å². The fraction of sp³-hybridized carbons (Fsp3) is 1.00. The van der Waals surface area contributed by atoms with Gasteiger partial charge in [-0.3, -0.25) is 0 Å². The summed E-state index contributed by atoms with van der Waals surface area (Å²) in [6.07, 6.45) is 15.7. The normalized spacial score (nSPS) is 22.9. The molecular formula is C24H46O4. The lowest BCUT2D eigenvalue weighted by molar-refractivity contribution is -0.426. The first kappa shape index (κ1) is 24.1. The molecule has 0 aliphatic heterocycles. The predicted molar refractivity (Wildman–Crippen MR) is 114 cm³/mol. The van der Waals surface area contributed by atoms with Crippen LogP contribution in [0.15, 0.2) is 0 Å². The zero-order valence-electron chi connectivity index (χ0n) is 19.5. The second kappa shape index (κ2) is 10.2. The molecule has 0 unspecified atom stereocenters. The van der Waals surface area contributed by atoms with Gasteiger partial charge in [-0.25, -0.2) is 19.6 Å². The third kappa shape index (κ3) is 7.27. The highest BCUT2D eigenvalue weighted by molar-refractivity contribution is 4.90. The van der Waals surface area contributed by atoms with E-state index in [-0.39, 0.29) is 22.4 Å². The van der Waals surface area contributed by atoms with Crippen LogP contribution in [-0.2, 0) is 19.6 Å². The monoisotopic (exact) mass is 398 g/mol. The predicted octanol–water partition coefficient (Wildman–Crippen LogP) is 7.45. The highest BCUT2D eigenvalue weighted by atomic mass is 17.2. The second-order valence-electron chi connectivity index (χ2n) is 10.5. The summed E-state index contributed by atoms with van der Waals surface area (Å²) in [4.78, 5) is 24.4. The number of hydrogen-bond acceptors (Lipinski definition) is 4. The molecular weight excluding hydrogens is 352 g/mol. The van der Waals surface area contributed by atoms with E-state index in [2.05, 4.69) is 41.5 Å². The molecule has 4 nitrogen and oxygen atoms in total. The van der Waals surface area contributed by atoms with Gasteiger partial charge in [-0.2, -0.15) is 0 Å². The van der Waals surface area contributed by atoms with Gasteiger partial charge < -0.3 is 0 Å². The molecule has 0 aromatic rings. The van der Waals surface area contributed by atoms with Gasteiger partial charge in [-0.15, -0.1) is 0 Å². The molecule has 2 saturated carbocycles. The summed E-state index contributed by atoms with van der Waals surface area (Å²) >= 11 is 0. The molecule has 0 bridgehead atoms. The lowest BCUT2D eigenvalue weighted by Gasteiger charge is -2.43. The van der Waals surface area contributed by atoms with Crippen molar-refractivity contribution in [1.82, 2.24) is 0 Å². The van der Waals surface area contributed by atoms with E-state index in [4.69, 9.17) is 19.6 Å². The van der Waals surface area contributed by atoms with Crippen molar-refractivity contribution in [3.8, 4) is 0 Å². The first-order chi connectivity index (χ1) is 13.2. The Morgan fingerprint density at radius 1 is 0.571 bits per heavy atom. The summed E-state index contributed by atoms with van der Waals surface area (Å²) < 4.78 is 0. The van der Waals surface area contributed by atoms with Crippen LogP contribution in [0.4, 0.5) is 0 Å². The Hall–Kier alpha value is -0.160. The summed E-state index contributed by atoms with van der Waals surface area (Å²) in [6, 6.07) is 0. The maximum atomic E-state index is 6.23. The zero-order valence-corrected chi connectivity index (χ0v) is 19.5. The third-order valence-corrected chi connectivity index (χ3v) is 7.16. The molecule has 2 rings (SSSR count). The minimum absolute atomic E-state index is 0.168. The van der Waals surface area contributed by atoms with Crippen LogP contribution in [0, 0.1) is 0 Å². The molecule has 0 N–H and O–H groups in total. The molecule has 0 spiro atoms. The maximum absolute atomic E-state index is 6.23. The van der Waals surface area contributed by atoms with Crippen LogP contribution in [0.5, 0.6) is 0 Å². The smallest absolute Gasteiger partial charge is 0.104 e. The van der Waals surface area contributed by atoms with Gasteiger partial charge in [0.2, 0.25) is 0 Å². The first-order valence-corrected chi connectivity index (χ1v) is 11.9. The van der Waals surface area contributed by atoms with Crippen molar-refractivity contribution in [3.05, 3.63) is 0 Å². The Balaban J connectivity index is 2.04. The van der Waals surface area contributed by atoms with E-state index in [1.807, 2.05) is 0 Å². The second-order valence-corrected chi connectivity index (χ2v) is 10.5. The molecule has 28 heavy (non-hydrogen) atoms. The molecule has 2 aliphatic rings. The first-order valence-electron chi connectivity index (χ1n) is 11.9. The lowest BCUT2D eigenvalue weighted by atomic mass is 9.75. The van der Waals surface area contributed by atoms with Crippen molar-refractivity contribution in [3.63, 3.8) is 0 Å². The van der Waals surface area contributed by atoms with E-state index < -0.39 is 0 Å². The topological polar surface area (TPSA) is 36.9 Å². The highest BCUT2D eigenvalue weighted by Gasteiger charge is 2.42. The Labute approximate surface area is 173 Å². The van der Waals surface area contributed by atoms with Crippen molar-refractivity contribution in [2.45, 2.75) is 154 Å². The minimum Gasteiger partial charge on any atom is -0.230 e. The van der Waals surface area contributed by atoms with Crippen molar-refractivity contribution >= 4 is 0 Å². The van der Waals surface area contributed by atoms with Crippen LogP contribution in [0.2, 0.25) is 0 Å². The van der Waals surface area contributed by atoms with Gasteiger partial charge in [0.15, 0.2) is 0 Å². The molecule has 0 amide bonds. The molecule has 0 heterocycles. The summed E-state index contributed by atoms with van der Waals surface area (Å²) in [5.41, 5.74) is -0.812. The highest BCUT2D eigenvalue weighted by Crippen LogP contribution is 2.43. The van der Waals surface area contributed by atoms with Crippen LogP contribution in [0.25, 0.3) is 0 Å². The summed E-state index contributed by atoms with van der Waals surface area (Å²) in [5, 5.41) is 0. The molecule has 0 aromatic carbocycles. The molecule has 4 heteroatoms. The summed E-state index contributed by atoms with van der Waals surface area (Å²) in [6.45, 7) is 12.7. The van der Waals surface area contributed by atoms with Gasteiger partial charge in [0, 0.05) is 0 Å². The SMILES string of the molecule is CCC(C)(C)OOC1(CCC2(OOC(C)(C)CC)CCCCC2)CCCCC1. The zero-order chi connectivity index (χ0) is 20.7. The van der Waals surface area contributed by atoms with E-state index in [0.29, 0.717) is 0 Å². The van der Waals surface area contributed by atoms with Gasteiger partial charge in [-0.1, -0.05) is 52.4 Å². The average Bonchev–Trinajstić information content (AvgIpc) is 2.71. The summed E-state index contributed by atoms with van der Waals surface area (Å²) in [7, 11) is 0. The van der Waals surface area contributed by atoms with Gasteiger partial charge in [0.25, 0.3) is 0 Å². The van der Waals surface area contributed by atoms with Crippen molar-refractivity contribution in [2.75, 3.05) is 0 Å². The standard InChI is InChI=1S/C24H46O4/c1-7-21(3,4)25-27-23(15-11-9-12-16-23)19-20-24(17-13-10-14-18-24)28-26-22(5,6)8-2/h7-20H2,1-6H3. The Bertz CT molecular complexity index is 404. The number of hydrogen-bond donors (Lipinski definition) is 0. The fourth-order valence-electron chi connectivity index (χ4n) is 4.12. The van der Waals surface area contributed by atoms with Crippen molar-refractivity contribution in [2.24, 2.45) is 0 Å². The number of rotatable bonds is 11. The van der Waals surface area contributed by atoms with Crippen LogP contribution >= 0.6 is 0 Å². The Morgan fingerprint density at radius 3 is 1.18 bits per heavy atom. The van der Waals surface area contributed by atoms with Gasteiger partial charge in [0.1, 0.15) is 11.2 Å². The molecule has 0 radical (unpaired) electrons. The fourth-order valence-corrected chi connectivity index (χ4v) is 4.12. The van der Waals surface area contributed by atoms with Crippen molar-refractivity contribution < 1.29 is 19.6 Å². The molecule has 0 saturated heterocycles. The Kier molecular flexibility index (Phi) is 8.82. The van der Waals surface area contributed by atoms with Crippen LogP contribution in [0.3, 0.4) is 0 Å². The Morgan fingerprint density at radius 2 is 0.893 bits per heavy atom. The lowest BCUT2D eigenvalue weighted by Crippen LogP contribution is -2.43. The maximum Gasteiger partial charge on any atom is 0.104 e. The van der Waals surface area contributed by atoms with E-state index >= 15 is 0 Å². The van der Waals surface area contributed by atoms with Crippen LogP contribution < -0.4 is 0 Å². The van der Waals surface area contributed by atoms with Crippen LogP contribution in [-0.4, -0.2) is 22.4 Å². The van der Waals surface area contributed by atoms with Gasteiger partial charge in [0.05, 0.1) is 11.2 Å². The largest absolute Gasteiger partial charge is 0.230 e. The van der Waals surface area contributed by atoms with E-state index in [0.717, 1.165) is 51.4 Å². The molecule has 0 atom stereocenters. The quantitative estimate of drug-likeness (QED) is 0.267. The molecule has 2 aliphatic carbocycles. The molecule has 2 fully saturated rings. The third-order valence-electron chi connectivity index (χ3n) is 7.16.